The fourth-order valence-electron chi connectivity index (χ4n) is 9.89. The van der Waals surface area contributed by atoms with E-state index in [1.807, 2.05) is 0 Å². The zero-order valence-electron chi connectivity index (χ0n) is 31.2. The van der Waals surface area contributed by atoms with Crippen molar-refractivity contribution in [1.29, 1.82) is 0 Å². The minimum absolute atomic E-state index is 0.163. The van der Waals surface area contributed by atoms with Crippen molar-refractivity contribution in [3.8, 4) is 44.5 Å². The van der Waals surface area contributed by atoms with Gasteiger partial charge >= 0.3 is 0 Å². The molecule has 1 heterocycles. The van der Waals surface area contributed by atoms with E-state index in [0.29, 0.717) is 0 Å². The Morgan fingerprint density at radius 2 is 0.875 bits per heavy atom. The molecule has 0 aliphatic heterocycles. The molecule has 56 heavy (non-hydrogen) atoms. The Hall–Kier alpha value is -6.96. The first kappa shape index (κ1) is 31.4. The maximum absolute atomic E-state index is 6.51. The van der Waals surface area contributed by atoms with Gasteiger partial charge in [0.2, 0.25) is 0 Å². The molecule has 0 unspecified atom stereocenters. The highest BCUT2D eigenvalue weighted by molar-refractivity contribution is 6.22. The normalized spacial score (nSPS) is 13.3. The third-order valence-electron chi connectivity index (χ3n) is 12.6. The zero-order valence-corrected chi connectivity index (χ0v) is 31.2. The second-order valence-electron chi connectivity index (χ2n) is 16.0. The number of rotatable bonds is 3. The van der Waals surface area contributed by atoms with E-state index in [1.165, 1.54) is 109 Å². The molecule has 262 valence electrons. The van der Waals surface area contributed by atoms with Crippen LogP contribution in [0.3, 0.4) is 0 Å². The van der Waals surface area contributed by atoms with Crippen molar-refractivity contribution in [1.82, 2.24) is 0 Å². The fourth-order valence-corrected chi connectivity index (χ4v) is 9.89. The maximum atomic E-state index is 6.51. The molecule has 0 radical (unpaired) electrons. The first-order chi connectivity index (χ1) is 27.5. The van der Waals surface area contributed by atoms with Crippen LogP contribution < -0.4 is 0 Å². The Morgan fingerprint density at radius 3 is 1.59 bits per heavy atom. The first-order valence-corrected chi connectivity index (χ1v) is 19.6. The van der Waals surface area contributed by atoms with Crippen LogP contribution in [0, 0.1) is 0 Å². The van der Waals surface area contributed by atoms with Gasteiger partial charge in [0.25, 0.3) is 0 Å². The number of fused-ring (bicyclic) bond motifs is 11. The molecular formula is C55H36O. The fraction of sp³-hybridized carbons (Fsp3) is 0.0545. The van der Waals surface area contributed by atoms with Crippen molar-refractivity contribution in [3.63, 3.8) is 0 Å². The van der Waals surface area contributed by atoms with Crippen molar-refractivity contribution >= 4 is 65.0 Å². The van der Waals surface area contributed by atoms with E-state index in [9.17, 15) is 0 Å². The predicted octanol–water partition coefficient (Wildman–Crippen LogP) is 15.5. The van der Waals surface area contributed by atoms with Gasteiger partial charge in [-0.15, -0.1) is 0 Å². The van der Waals surface area contributed by atoms with Crippen LogP contribution in [0.25, 0.3) is 110 Å². The summed E-state index contributed by atoms with van der Waals surface area (Å²) in [4.78, 5) is 0. The standard InChI is InChI=1S/C55H36O/c1-55(2)48-30-38(24-26-41(48)46-31-47-51(32-49(46)55)56-50-27-25-33-12-6-7-15-40(33)54(47)50)36-20-21-37-29-39(23-22-35(37)28-36)53-44-18-10-8-16-42(44)52(34-13-4-3-5-14-34)43-17-9-11-19-45(43)53/h3-32H,1-2H3. The Kier molecular flexibility index (Phi) is 6.46. The third-order valence-corrected chi connectivity index (χ3v) is 12.6. The van der Waals surface area contributed by atoms with Gasteiger partial charge in [0.1, 0.15) is 11.2 Å². The van der Waals surface area contributed by atoms with Crippen LogP contribution in [0.1, 0.15) is 25.0 Å². The molecule has 1 aliphatic carbocycles. The molecule has 0 amide bonds. The van der Waals surface area contributed by atoms with E-state index >= 15 is 0 Å². The summed E-state index contributed by atoms with van der Waals surface area (Å²) in [6.45, 7) is 4.71. The minimum atomic E-state index is -0.163. The summed E-state index contributed by atoms with van der Waals surface area (Å²) in [5, 5.41) is 12.4. The highest BCUT2D eigenvalue weighted by atomic mass is 16.3. The minimum Gasteiger partial charge on any atom is -0.456 e. The lowest BCUT2D eigenvalue weighted by Gasteiger charge is -2.22. The average Bonchev–Trinajstić information content (AvgIpc) is 3.72. The summed E-state index contributed by atoms with van der Waals surface area (Å²) in [6, 6.07) is 67.2. The van der Waals surface area contributed by atoms with Crippen molar-refractivity contribution in [3.05, 3.63) is 193 Å². The Labute approximate surface area is 325 Å². The Bertz CT molecular complexity index is 3380. The van der Waals surface area contributed by atoms with Gasteiger partial charge in [-0.25, -0.2) is 0 Å². The second-order valence-corrected chi connectivity index (χ2v) is 16.0. The number of benzene rings is 10. The molecule has 12 rings (SSSR count). The second kappa shape index (κ2) is 11.5. The molecule has 0 N–H and O–H groups in total. The molecule has 0 saturated carbocycles. The van der Waals surface area contributed by atoms with E-state index in [1.54, 1.807) is 0 Å². The van der Waals surface area contributed by atoms with Crippen LogP contribution >= 0.6 is 0 Å². The van der Waals surface area contributed by atoms with Gasteiger partial charge in [-0.3, -0.25) is 0 Å². The quantitative estimate of drug-likeness (QED) is 0.166. The van der Waals surface area contributed by atoms with Crippen molar-refractivity contribution in [2.45, 2.75) is 19.3 Å². The van der Waals surface area contributed by atoms with Crippen LogP contribution in [-0.4, -0.2) is 0 Å². The molecule has 0 saturated heterocycles. The molecule has 1 heteroatoms. The van der Waals surface area contributed by atoms with Crippen molar-refractivity contribution in [2.75, 3.05) is 0 Å². The molecule has 0 fully saturated rings. The topological polar surface area (TPSA) is 13.1 Å². The summed E-state index contributed by atoms with van der Waals surface area (Å²) in [5.74, 6) is 0. The van der Waals surface area contributed by atoms with Gasteiger partial charge in [-0.1, -0.05) is 159 Å². The average molecular weight is 713 g/mol. The van der Waals surface area contributed by atoms with E-state index in [0.717, 1.165) is 11.2 Å². The molecule has 0 atom stereocenters. The summed E-state index contributed by atoms with van der Waals surface area (Å²) in [5.41, 5.74) is 14.6. The van der Waals surface area contributed by atoms with Crippen LogP contribution in [0.4, 0.5) is 0 Å². The molecular weight excluding hydrogens is 677 g/mol. The van der Waals surface area contributed by atoms with E-state index in [-0.39, 0.29) is 5.41 Å². The SMILES string of the molecule is CC1(C)c2cc(-c3ccc4cc(-c5c6ccccc6c(-c6ccccc6)c6ccccc56)ccc4c3)ccc2-c2cc3c(cc21)oc1ccc2ccccc2c13. The van der Waals surface area contributed by atoms with Gasteiger partial charge in [0.15, 0.2) is 0 Å². The van der Waals surface area contributed by atoms with Crippen LogP contribution in [0.5, 0.6) is 0 Å². The maximum Gasteiger partial charge on any atom is 0.136 e. The molecule has 0 bridgehead atoms. The van der Waals surface area contributed by atoms with Crippen molar-refractivity contribution < 1.29 is 4.42 Å². The summed E-state index contributed by atoms with van der Waals surface area (Å²) < 4.78 is 6.51. The lowest BCUT2D eigenvalue weighted by atomic mass is 9.81. The Morgan fingerprint density at radius 1 is 0.339 bits per heavy atom. The monoisotopic (exact) mass is 712 g/mol. The number of hydrogen-bond donors (Lipinski definition) is 0. The molecule has 1 aliphatic rings. The molecule has 1 aromatic heterocycles. The first-order valence-electron chi connectivity index (χ1n) is 19.6. The third kappa shape index (κ3) is 4.43. The van der Waals surface area contributed by atoms with Gasteiger partial charge in [0.05, 0.1) is 0 Å². The smallest absolute Gasteiger partial charge is 0.136 e. The molecule has 10 aromatic carbocycles. The van der Waals surface area contributed by atoms with E-state index < -0.39 is 0 Å². The van der Waals surface area contributed by atoms with Crippen LogP contribution in [0.15, 0.2) is 186 Å². The zero-order chi connectivity index (χ0) is 37.1. The molecule has 0 spiro atoms. The van der Waals surface area contributed by atoms with E-state index in [2.05, 4.69) is 196 Å². The summed E-state index contributed by atoms with van der Waals surface area (Å²) in [6.07, 6.45) is 0. The molecule has 11 aromatic rings. The number of furan rings is 1. The van der Waals surface area contributed by atoms with Crippen LogP contribution in [-0.2, 0) is 5.41 Å². The van der Waals surface area contributed by atoms with E-state index in [4.69, 9.17) is 4.42 Å². The predicted molar refractivity (Wildman–Crippen MR) is 238 cm³/mol. The van der Waals surface area contributed by atoms with Crippen molar-refractivity contribution in [2.24, 2.45) is 0 Å². The van der Waals surface area contributed by atoms with Crippen LogP contribution in [0.2, 0.25) is 0 Å². The van der Waals surface area contributed by atoms with Gasteiger partial charge < -0.3 is 4.42 Å². The Balaban J connectivity index is 0.963. The number of hydrogen-bond acceptors (Lipinski definition) is 1. The summed E-state index contributed by atoms with van der Waals surface area (Å²) in [7, 11) is 0. The highest BCUT2D eigenvalue weighted by Crippen LogP contribution is 2.52. The molecule has 1 nitrogen and oxygen atoms in total. The lowest BCUT2D eigenvalue weighted by molar-refractivity contribution is 0.647. The highest BCUT2D eigenvalue weighted by Gasteiger charge is 2.36. The summed E-state index contributed by atoms with van der Waals surface area (Å²) >= 11 is 0. The largest absolute Gasteiger partial charge is 0.456 e. The lowest BCUT2D eigenvalue weighted by Crippen LogP contribution is -2.15. The van der Waals surface area contributed by atoms with Gasteiger partial charge in [-0.05, 0) is 135 Å². The van der Waals surface area contributed by atoms with Gasteiger partial charge in [0, 0.05) is 16.2 Å². The van der Waals surface area contributed by atoms with Gasteiger partial charge in [-0.2, -0.15) is 0 Å².